The highest BCUT2D eigenvalue weighted by Gasteiger charge is 2.23. The molecule has 0 fully saturated rings. The quantitative estimate of drug-likeness (QED) is 0.829. The number of aromatic nitrogens is 1. The third kappa shape index (κ3) is 3.96. The van der Waals surface area contributed by atoms with Gasteiger partial charge in [0.1, 0.15) is 0 Å². The van der Waals surface area contributed by atoms with Crippen LogP contribution >= 0.6 is 11.6 Å². The molecule has 18 heavy (non-hydrogen) atoms. The number of hydrogen-bond acceptors (Lipinski definition) is 3. The van der Waals surface area contributed by atoms with Crippen molar-refractivity contribution in [1.82, 2.24) is 4.98 Å². The molecule has 0 bridgehead atoms. The number of nitrogens with zero attached hydrogens (tertiary/aromatic N) is 1. The van der Waals surface area contributed by atoms with E-state index in [1.807, 2.05) is 27.7 Å². The SMILES string of the molecule is Cc1ccnc(Cl)c1NC(=O)CC(N)C(C)(C)C. The van der Waals surface area contributed by atoms with Gasteiger partial charge in [-0.3, -0.25) is 4.79 Å². The molecule has 1 atom stereocenters. The van der Waals surface area contributed by atoms with E-state index in [4.69, 9.17) is 17.3 Å². The summed E-state index contributed by atoms with van der Waals surface area (Å²) in [6.45, 7) is 7.89. The molecule has 0 aliphatic carbocycles. The Morgan fingerprint density at radius 1 is 1.56 bits per heavy atom. The van der Waals surface area contributed by atoms with Gasteiger partial charge in [0.25, 0.3) is 0 Å². The first-order valence-corrected chi connectivity index (χ1v) is 6.26. The minimum atomic E-state index is -0.201. The van der Waals surface area contributed by atoms with Crippen molar-refractivity contribution in [3.63, 3.8) is 0 Å². The monoisotopic (exact) mass is 269 g/mol. The molecule has 4 nitrogen and oxygen atoms in total. The maximum atomic E-state index is 11.9. The number of carbonyl (C=O) groups excluding carboxylic acids is 1. The van der Waals surface area contributed by atoms with E-state index in [1.54, 1.807) is 12.3 Å². The molecule has 1 aromatic rings. The van der Waals surface area contributed by atoms with Crippen LogP contribution in [0.2, 0.25) is 5.15 Å². The van der Waals surface area contributed by atoms with Gasteiger partial charge in [0.2, 0.25) is 5.91 Å². The smallest absolute Gasteiger partial charge is 0.226 e. The van der Waals surface area contributed by atoms with Crippen LogP contribution in [0.3, 0.4) is 0 Å². The summed E-state index contributed by atoms with van der Waals surface area (Å²) in [6, 6.07) is 1.60. The van der Waals surface area contributed by atoms with E-state index in [1.165, 1.54) is 0 Å². The fourth-order valence-corrected chi connectivity index (χ4v) is 1.62. The molecular weight excluding hydrogens is 250 g/mol. The van der Waals surface area contributed by atoms with Crippen LogP contribution in [0.25, 0.3) is 0 Å². The summed E-state index contributed by atoms with van der Waals surface area (Å²) >= 11 is 5.94. The molecule has 0 aliphatic rings. The maximum absolute atomic E-state index is 11.9. The molecule has 1 rings (SSSR count). The van der Waals surface area contributed by atoms with Crippen LogP contribution < -0.4 is 11.1 Å². The second-order valence-electron chi connectivity index (χ2n) is 5.52. The lowest BCUT2D eigenvalue weighted by atomic mass is 9.85. The molecule has 1 aromatic heterocycles. The normalized spacial score (nSPS) is 13.2. The van der Waals surface area contributed by atoms with E-state index < -0.39 is 0 Å². The Balaban J connectivity index is 2.72. The maximum Gasteiger partial charge on any atom is 0.226 e. The Hall–Kier alpha value is -1.13. The first-order chi connectivity index (χ1) is 8.21. The Labute approximate surface area is 113 Å². The number of pyridine rings is 1. The number of anilines is 1. The van der Waals surface area contributed by atoms with Gasteiger partial charge in [-0.1, -0.05) is 32.4 Å². The molecule has 0 radical (unpaired) electrons. The third-order valence-electron chi connectivity index (χ3n) is 2.90. The van der Waals surface area contributed by atoms with E-state index in [0.717, 1.165) is 5.56 Å². The Morgan fingerprint density at radius 3 is 2.67 bits per heavy atom. The van der Waals surface area contributed by atoms with Gasteiger partial charge in [0.15, 0.2) is 5.15 Å². The number of halogens is 1. The van der Waals surface area contributed by atoms with E-state index in [-0.39, 0.29) is 23.8 Å². The minimum Gasteiger partial charge on any atom is -0.327 e. The van der Waals surface area contributed by atoms with Gasteiger partial charge in [-0.05, 0) is 24.0 Å². The van der Waals surface area contributed by atoms with Crippen LogP contribution in [0.1, 0.15) is 32.8 Å². The van der Waals surface area contributed by atoms with Crippen LogP contribution in [0, 0.1) is 12.3 Å². The van der Waals surface area contributed by atoms with Gasteiger partial charge in [0, 0.05) is 18.7 Å². The molecule has 5 heteroatoms. The molecule has 1 amide bonds. The molecule has 1 unspecified atom stereocenters. The van der Waals surface area contributed by atoms with E-state index in [0.29, 0.717) is 10.8 Å². The lowest BCUT2D eigenvalue weighted by molar-refractivity contribution is -0.117. The highest BCUT2D eigenvalue weighted by atomic mass is 35.5. The fraction of sp³-hybridized carbons (Fsp3) is 0.538. The number of hydrogen-bond donors (Lipinski definition) is 2. The molecule has 0 aromatic carbocycles. The standard InChI is InChI=1S/C13H20ClN3O/c1-8-5-6-16-12(14)11(8)17-10(18)7-9(15)13(2,3)4/h5-6,9H,7,15H2,1-4H3,(H,17,18). The van der Waals surface area contributed by atoms with E-state index in [9.17, 15) is 4.79 Å². The summed E-state index contributed by atoms with van der Waals surface area (Å²) in [6.07, 6.45) is 1.86. The van der Waals surface area contributed by atoms with Crippen molar-refractivity contribution in [2.75, 3.05) is 5.32 Å². The number of amides is 1. The lowest BCUT2D eigenvalue weighted by Gasteiger charge is -2.26. The zero-order chi connectivity index (χ0) is 13.9. The first-order valence-electron chi connectivity index (χ1n) is 5.88. The van der Waals surface area contributed by atoms with Crippen LogP contribution in [0.4, 0.5) is 5.69 Å². The van der Waals surface area contributed by atoms with Crippen molar-refractivity contribution in [2.45, 2.75) is 40.2 Å². The fourth-order valence-electron chi connectivity index (χ4n) is 1.37. The number of rotatable bonds is 3. The molecule has 0 aliphatic heterocycles. The van der Waals surface area contributed by atoms with Gasteiger partial charge >= 0.3 is 0 Å². The van der Waals surface area contributed by atoms with Crippen molar-refractivity contribution >= 4 is 23.2 Å². The highest BCUT2D eigenvalue weighted by Crippen LogP contribution is 2.24. The molecule has 3 N–H and O–H groups in total. The Bertz CT molecular complexity index is 420. The van der Waals surface area contributed by atoms with E-state index in [2.05, 4.69) is 10.3 Å². The van der Waals surface area contributed by atoms with Crippen LogP contribution in [0.15, 0.2) is 12.3 Å². The topological polar surface area (TPSA) is 68.0 Å². The number of nitrogens with one attached hydrogen (secondary N) is 1. The van der Waals surface area contributed by atoms with Crippen molar-refractivity contribution in [3.8, 4) is 0 Å². The van der Waals surface area contributed by atoms with Crippen molar-refractivity contribution in [3.05, 3.63) is 23.0 Å². The zero-order valence-electron chi connectivity index (χ0n) is 11.2. The molecule has 1 heterocycles. The van der Waals surface area contributed by atoms with Gasteiger partial charge in [-0.15, -0.1) is 0 Å². The second kappa shape index (κ2) is 5.67. The lowest BCUT2D eigenvalue weighted by Crippen LogP contribution is -2.38. The third-order valence-corrected chi connectivity index (χ3v) is 3.18. The summed E-state index contributed by atoms with van der Waals surface area (Å²) in [5.41, 5.74) is 7.31. The summed E-state index contributed by atoms with van der Waals surface area (Å²) in [5, 5.41) is 3.07. The summed E-state index contributed by atoms with van der Waals surface area (Å²) < 4.78 is 0. The first kappa shape index (κ1) is 14.9. The van der Waals surface area contributed by atoms with Crippen LogP contribution in [-0.4, -0.2) is 16.9 Å². The Morgan fingerprint density at radius 2 is 2.17 bits per heavy atom. The second-order valence-corrected chi connectivity index (χ2v) is 5.88. The average Bonchev–Trinajstić information content (AvgIpc) is 2.22. The molecule has 0 spiro atoms. The number of nitrogens with two attached hydrogens (primary N) is 1. The largest absolute Gasteiger partial charge is 0.327 e. The van der Waals surface area contributed by atoms with E-state index >= 15 is 0 Å². The number of carbonyl (C=O) groups is 1. The van der Waals surface area contributed by atoms with Crippen LogP contribution in [0.5, 0.6) is 0 Å². The molecule has 0 saturated carbocycles. The van der Waals surface area contributed by atoms with Crippen molar-refractivity contribution in [1.29, 1.82) is 0 Å². The summed E-state index contributed by atoms with van der Waals surface area (Å²) in [5.74, 6) is -0.143. The van der Waals surface area contributed by atoms with Gasteiger partial charge < -0.3 is 11.1 Å². The predicted molar refractivity (Wildman–Crippen MR) is 74.7 cm³/mol. The van der Waals surface area contributed by atoms with Crippen LogP contribution in [-0.2, 0) is 4.79 Å². The van der Waals surface area contributed by atoms with Gasteiger partial charge in [-0.2, -0.15) is 0 Å². The molecular formula is C13H20ClN3O. The molecule has 0 saturated heterocycles. The Kier molecular flexibility index (Phi) is 4.71. The molecule has 100 valence electrons. The highest BCUT2D eigenvalue weighted by molar-refractivity contribution is 6.32. The zero-order valence-corrected chi connectivity index (χ0v) is 12.0. The summed E-state index contributed by atoms with van der Waals surface area (Å²) in [7, 11) is 0. The average molecular weight is 270 g/mol. The van der Waals surface area contributed by atoms with Gasteiger partial charge in [-0.25, -0.2) is 4.98 Å². The van der Waals surface area contributed by atoms with Gasteiger partial charge in [0.05, 0.1) is 5.69 Å². The van der Waals surface area contributed by atoms with Crippen molar-refractivity contribution in [2.24, 2.45) is 11.1 Å². The van der Waals surface area contributed by atoms with Crippen molar-refractivity contribution < 1.29 is 4.79 Å². The summed E-state index contributed by atoms with van der Waals surface area (Å²) in [4.78, 5) is 15.8. The predicted octanol–water partition coefficient (Wildman–Crippen LogP) is 2.75. The number of aryl methyl sites for hydroxylation is 1. The minimum absolute atomic E-state index is 0.106.